The number of aliphatic hydroxyl groups is 3. The molecule has 3 aliphatic carbocycles. The fraction of sp³-hybridized carbons (Fsp3) is 0.424. The molecular weight excluding hydrogens is 615 g/mol. The Morgan fingerprint density at radius 2 is 1.81 bits per heavy atom. The summed E-state index contributed by atoms with van der Waals surface area (Å²) in [5.74, 6) is -7.43. The largest absolute Gasteiger partial charge is 0.508 e. The van der Waals surface area contributed by atoms with Gasteiger partial charge in [-0.15, -0.1) is 0 Å². The van der Waals surface area contributed by atoms with Crippen molar-refractivity contribution in [3.8, 4) is 5.75 Å². The number of carbonyl (C=O) groups is 3. The molecule has 0 spiro atoms. The number of fused-ring (bicyclic) bond motifs is 3. The minimum atomic E-state index is -2.72. The second-order valence-electron chi connectivity index (χ2n) is 12.8. The van der Waals surface area contributed by atoms with Crippen LogP contribution < -0.4 is 16.0 Å². The summed E-state index contributed by atoms with van der Waals surface area (Å²) < 4.78 is 25.0. The molecular formula is C33H37FN4O9. The number of ketones is 2. The van der Waals surface area contributed by atoms with Crippen molar-refractivity contribution in [2.45, 2.75) is 43.5 Å². The van der Waals surface area contributed by atoms with Gasteiger partial charge in [-0.3, -0.25) is 24.6 Å². The average molecular weight is 653 g/mol. The van der Waals surface area contributed by atoms with E-state index >= 15 is 0 Å². The van der Waals surface area contributed by atoms with Crippen molar-refractivity contribution in [1.29, 1.82) is 0 Å². The lowest BCUT2D eigenvalue weighted by atomic mass is 9.57. The zero-order valence-corrected chi connectivity index (χ0v) is 26.3. The molecule has 1 amide bonds. The fourth-order valence-electron chi connectivity index (χ4n) is 7.43. The number of rotatable bonds is 7. The third-order valence-electron chi connectivity index (χ3n) is 9.65. The van der Waals surface area contributed by atoms with Gasteiger partial charge in [-0.25, -0.2) is 4.39 Å². The lowest BCUT2D eigenvalue weighted by Gasteiger charge is -2.50. The molecule has 47 heavy (non-hydrogen) atoms. The minimum absolute atomic E-state index is 0.00568. The van der Waals surface area contributed by atoms with Gasteiger partial charge in [-0.1, -0.05) is 12.1 Å². The van der Waals surface area contributed by atoms with Crippen molar-refractivity contribution in [3.05, 3.63) is 75.3 Å². The van der Waals surface area contributed by atoms with Gasteiger partial charge in [0.1, 0.15) is 34.8 Å². The van der Waals surface area contributed by atoms with Crippen LogP contribution in [-0.4, -0.2) is 95.7 Å². The summed E-state index contributed by atoms with van der Waals surface area (Å²) in [5, 5.41) is 49.2. The summed E-state index contributed by atoms with van der Waals surface area (Å²) in [7, 11) is 6.68. The highest BCUT2D eigenvalue weighted by atomic mass is 19.1. The van der Waals surface area contributed by atoms with E-state index in [4.69, 9.17) is 15.2 Å². The molecule has 2 unspecified atom stereocenters. The van der Waals surface area contributed by atoms with Crippen molar-refractivity contribution >= 4 is 28.9 Å². The molecule has 250 valence electrons. The Bertz CT molecular complexity index is 1740. The number of ether oxygens (including phenoxy) is 2. The van der Waals surface area contributed by atoms with E-state index < -0.39 is 70.6 Å². The molecule has 7 N–H and O–H groups in total. The number of primary amides is 1. The predicted octanol–water partition coefficient (Wildman–Crippen LogP) is 1.33. The van der Waals surface area contributed by atoms with Crippen molar-refractivity contribution in [2.75, 3.05) is 39.7 Å². The van der Waals surface area contributed by atoms with Crippen molar-refractivity contribution in [2.24, 2.45) is 17.6 Å². The summed E-state index contributed by atoms with van der Waals surface area (Å²) >= 11 is 0. The first-order valence-corrected chi connectivity index (χ1v) is 15.1. The first kappa shape index (κ1) is 32.6. The Morgan fingerprint density at radius 3 is 2.43 bits per heavy atom. The molecule has 6 rings (SSSR count). The number of benzene rings is 2. The highest BCUT2D eigenvalue weighted by Crippen LogP contribution is 2.54. The number of amides is 1. The highest BCUT2D eigenvalue weighted by molar-refractivity contribution is 6.24. The zero-order chi connectivity index (χ0) is 34.1. The molecule has 4 aliphatic rings. The topological polar surface area (TPSA) is 195 Å². The SMILES string of the molecule is CN(C)c1cc(CNC2OCC(c3ccc(F)cc3)O2)c(O)c2c1C[C@H]1C[C@H]3[C@H](N(C)C)C(=O)C(C(N)=O)=C(O)[C@@]3(O)C(=O)C1=C2O. The van der Waals surface area contributed by atoms with Gasteiger partial charge in [0.15, 0.2) is 11.4 Å². The summed E-state index contributed by atoms with van der Waals surface area (Å²) in [6.07, 6.45) is -1.15. The number of anilines is 1. The molecule has 1 heterocycles. The van der Waals surface area contributed by atoms with E-state index in [1.807, 2.05) is 0 Å². The normalized spacial score (nSPS) is 28.8. The average Bonchev–Trinajstić information content (AvgIpc) is 3.47. The summed E-state index contributed by atoms with van der Waals surface area (Å²) in [5.41, 5.74) is 3.84. The molecule has 6 atom stereocenters. The molecule has 0 bridgehead atoms. The van der Waals surface area contributed by atoms with Gasteiger partial charge < -0.3 is 40.5 Å². The lowest BCUT2D eigenvalue weighted by molar-refractivity contribution is -0.153. The molecule has 14 heteroatoms. The van der Waals surface area contributed by atoms with E-state index in [1.54, 1.807) is 51.3 Å². The van der Waals surface area contributed by atoms with Gasteiger partial charge in [-0.2, -0.15) is 0 Å². The molecule has 2 aromatic rings. The molecule has 0 radical (unpaired) electrons. The van der Waals surface area contributed by atoms with E-state index in [1.165, 1.54) is 17.0 Å². The number of likely N-dealkylation sites (N-methyl/N-ethyl adjacent to an activating group) is 1. The van der Waals surface area contributed by atoms with E-state index in [0.29, 0.717) is 16.8 Å². The van der Waals surface area contributed by atoms with E-state index in [0.717, 1.165) is 5.56 Å². The number of aliphatic hydroxyl groups excluding tert-OH is 2. The number of halogens is 1. The smallest absolute Gasteiger partial charge is 0.255 e. The standard InChI is InChI=1S/C33H37FN4O9/c1-37(2)20-11-16(12-36-32-46-13-21(47-32)14-5-7-17(34)8-6-14)26(39)23-18(20)9-15-10-19-25(38(3)4)28(41)24(31(35)44)30(43)33(19,45)29(42)22(15)27(23)40/h5-8,11,15,19,21,25,32,36,39-40,43,45H,9-10,12-13H2,1-4H3,(H2,35,44)/t15-,19-,21?,25-,32?,33-/m0/s1. The van der Waals surface area contributed by atoms with Crippen molar-refractivity contribution in [1.82, 2.24) is 10.2 Å². The van der Waals surface area contributed by atoms with E-state index in [2.05, 4.69) is 5.32 Å². The number of hydrogen-bond donors (Lipinski definition) is 6. The maximum absolute atomic E-state index is 14.2. The van der Waals surface area contributed by atoms with Crippen LogP contribution in [0.2, 0.25) is 0 Å². The third kappa shape index (κ3) is 5.07. The first-order chi connectivity index (χ1) is 22.2. The number of nitrogens with two attached hydrogens (primary N) is 1. The lowest BCUT2D eigenvalue weighted by Crippen LogP contribution is -2.65. The van der Waals surface area contributed by atoms with E-state index in [9.17, 15) is 39.2 Å². The Hall–Kier alpha value is -4.34. The number of aromatic hydroxyl groups is 1. The Kier molecular flexibility index (Phi) is 8.13. The van der Waals surface area contributed by atoms with Crippen molar-refractivity contribution < 1.29 is 48.7 Å². The van der Waals surface area contributed by atoms with Gasteiger partial charge >= 0.3 is 0 Å². The monoisotopic (exact) mass is 652 g/mol. The number of phenolic OH excluding ortho intramolecular Hbond substituents is 1. The maximum atomic E-state index is 14.2. The maximum Gasteiger partial charge on any atom is 0.255 e. The Balaban J connectivity index is 1.36. The number of Topliss-reactive ketones (excluding diaryl/α,β-unsaturated/α-hetero) is 2. The van der Waals surface area contributed by atoms with Crippen molar-refractivity contribution in [3.63, 3.8) is 0 Å². The van der Waals surface area contributed by atoms with Gasteiger partial charge in [-0.05, 0) is 62.2 Å². The summed E-state index contributed by atoms with van der Waals surface area (Å²) in [6.45, 7) is 0.229. The van der Waals surface area contributed by atoms with Gasteiger partial charge in [0.2, 0.25) is 12.2 Å². The number of carbonyl (C=O) groups excluding carboxylic acids is 3. The van der Waals surface area contributed by atoms with Crippen LogP contribution in [0.4, 0.5) is 10.1 Å². The number of nitrogens with zero attached hydrogens (tertiary/aromatic N) is 2. The van der Waals surface area contributed by atoms with Crippen LogP contribution >= 0.6 is 0 Å². The zero-order valence-electron chi connectivity index (χ0n) is 26.3. The molecule has 1 aliphatic heterocycles. The molecule has 13 nitrogen and oxygen atoms in total. The molecule has 2 aromatic carbocycles. The van der Waals surface area contributed by atoms with Crippen LogP contribution in [0.3, 0.4) is 0 Å². The van der Waals surface area contributed by atoms with Crippen LogP contribution in [0.25, 0.3) is 5.76 Å². The van der Waals surface area contributed by atoms with E-state index in [-0.39, 0.29) is 48.7 Å². The molecule has 1 saturated carbocycles. The summed E-state index contributed by atoms with van der Waals surface area (Å²) in [4.78, 5) is 43.0. The highest BCUT2D eigenvalue weighted by Gasteiger charge is 2.64. The molecule has 2 fully saturated rings. The molecule has 0 aromatic heterocycles. The van der Waals surface area contributed by atoms with Crippen LogP contribution in [0.1, 0.15) is 34.8 Å². The first-order valence-electron chi connectivity index (χ1n) is 15.1. The minimum Gasteiger partial charge on any atom is -0.508 e. The Labute approximate surface area is 269 Å². The van der Waals surface area contributed by atoms with Gasteiger partial charge in [0.25, 0.3) is 5.91 Å². The predicted molar refractivity (Wildman–Crippen MR) is 165 cm³/mol. The van der Waals surface area contributed by atoms with Crippen LogP contribution in [0.5, 0.6) is 5.75 Å². The summed E-state index contributed by atoms with van der Waals surface area (Å²) in [6, 6.07) is 6.46. The molecule has 1 saturated heterocycles. The Morgan fingerprint density at radius 1 is 1.13 bits per heavy atom. The quantitative estimate of drug-likeness (QED) is 0.235. The number of phenols is 1. The van der Waals surface area contributed by atoms with Crippen LogP contribution in [-0.2, 0) is 36.8 Å². The van der Waals surface area contributed by atoms with Crippen LogP contribution in [0.15, 0.2) is 47.2 Å². The van der Waals surface area contributed by atoms with Gasteiger partial charge in [0, 0.05) is 43.4 Å². The van der Waals surface area contributed by atoms with Gasteiger partial charge in [0.05, 0.1) is 18.2 Å². The third-order valence-corrected chi connectivity index (χ3v) is 9.65. The fourth-order valence-corrected chi connectivity index (χ4v) is 7.43. The second-order valence-corrected chi connectivity index (χ2v) is 12.8. The van der Waals surface area contributed by atoms with Crippen LogP contribution in [0, 0.1) is 17.7 Å². The number of nitrogens with one attached hydrogen (secondary N) is 1. The number of hydrogen-bond acceptors (Lipinski definition) is 12. The second kappa shape index (κ2) is 11.7.